The number of carbonyl (C=O) groups is 2. The molecule has 3 amide bonds. The molecular formula is C18H34N4O2. The van der Waals surface area contributed by atoms with Gasteiger partial charge in [-0.15, -0.1) is 0 Å². The zero-order valence-corrected chi connectivity index (χ0v) is 15.5. The molecule has 0 radical (unpaired) electrons. The van der Waals surface area contributed by atoms with Crippen molar-refractivity contribution in [3.63, 3.8) is 0 Å². The molecule has 1 aliphatic carbocycles. The molecule has 1 saturated heterocycles. The molecule has 138 valence electrons. The van der Waals surface area contributed by atoms with E-state index in [9.17, 15) is 9.59 Å². The van der Waals surface area contributed by atoms with Gasteiger partial charge in [0, 0.05) is 32.2 Å². The van der Waals surface area contributed by atoms with Gasteiger partial charge in [0.25, 0.3) is 0 Å². The number of likely N-dealkylation sites (N-methyl/N-ethyl adjacent to an activating group) is 1. The van der Waals surface area contributed by atoms with Gasteiger partial charge in [-0.1, -0.05) is 33.1 Å². The lowest BCUT2D eigenvalue weighted by atomic mass is 9.96. The smallest absolute Gasteiger partial charge is 0.315 e. The molecule has 1 heterocycles. The Morgan fingerprint density at radius 1 is 1.04 bits per heavy atom. The molecular weight excluding hydrogens is 304 g/mol. The summed E-state index contributed by atoms with van der Waals surface area (Å²) >= 11 is 0. The Morgan fingerprint density at radius 3 is 2.25 bits per heavy atom. The number of carbonyl (C=O) groups excluding carboxylic acids is 2. The van der Waals surface area contributed by atoms with E-state index in [1.165, 1.54) is 19.3 Å². The van der Waals surface area contributed by atoms with Crippen molar-refractivity contribution in [1.82, 2.24) is 20.4 Å². The van der Waals surface area contributed by atoms with E-state index in [1.54, 1.807) is 0 Å². The van der Waals surface area contributed by atoms with Crippen LogP contribution in [-0.4, -0.2) is 67.0 Å². The zero-order chi connectivity index (χ0) is 17.5. The fourth-order valence-electron chi connectivity index (χ4n) is 3.57. The maximum atomic E-state index is 12.8. The molecule has 1 saturated carbocycles. The first-order chi connectivity index (χ1) is 11.5. The van der Waals surface area contributed by atoms with Crippen LogP contribution in [0.5, 0.6) is 0 Å². The molecule has 2 fully saturated rings. The van der Waals surface area contributed by atoms with Gasteiger partial charge < -0.3 is 20.4 Å². The molecule has 2 rings (SSSR count). The van der Waals surface area contributed by atoms with Gasteiger partial charge in [0.1, 0.15) is 6.04 Å². The fraction of sp³-hybridized carbons (Fsp3) is 0.889. The molecule has 0 unspecified atom stereocenters. The van der Waals surface area contributed by atoms with E-state index >= 15 is 0 Å². The fourth-order valence-corrected chi connectivity index (χ4v) is 3.57. The van der Waals surface area contributed by atoms with Crippen LogP contribution < -0.4 is 10.6 Å². The number of nitrogens with one attached hydrogen (secondary N) is 2. The Balaban J connectivity index is 1.88. The van der Waals surface area contributed by atoms with Crippen LogP contribution in [0.15, 0.2) is 0 Å². The summed E-state index contributed by atoms with van der Waals surface area (Å²) in [6.07, 6.45) is 6.41. The minimum absolute atomic E-state index is 0.0654. The van der Waals surface area contributed by atoms with Crippen LogP contribution in [0.3, 0.4) is 0 Å². The van der Waals surface area contributed by atoms with Crippen LogP contribution in [0.25, 0.3) is 0 Å². The van der Waals surface area contributed by atoms with Crippen molar-refractivity contribution < 1.29 is 9.59 Å². The van der Waals surface area contributed by atoms with Crippen molar-refractivity contribution in [2.45, 2.75) is 64.5 Å². The second kappa shape index (κ2) is 9.25. The summed E-state index contributed by atoms with van der Waals surface area (Å²) in [5, 5.41) is 6.01. The van der Waals surface area contributed by atoms with Crippen molar-refractivity contribution in [3.05, 3.63) is 0 Å². The van der Waals surface area contributed by atoms with Crippen LogP contribution in [0.1, 0.15) is 52.4 Å². The highest BCUT2D eigenvalue weighted by atomic mass is 16.2. The average Bonchev–Trinajstić information content (AvgIpc) is 2.55. The number of hydrogen-bond acceptors (Lipinski definition) is 3. The number of amides is 3. The van der Waals surface area contributed by atoms with Gasteiger partial charge in [-0.05, 0) is 32.2 Å². The molecule has 0 bridgehead atoms. The largest absolute Gasteiger partial charge is 0.338 e. The van der Waals surface area contributed by atoms with Gasteiger partial charge in [0.15, 0.2) is 0 Å². The number of nitrogens with zero attached hydrogens (tertiary/aromatic N) is 2. The highest BCUT2D eigenvalue weighted by molar-refractivity contribution is 5.87. The van der Waals surface area contributed by atoms with Gasteiger partial charge in [-0.25, -0.2) is 4.79 Å². The van der Waals surface area contributed by atoms with E-state index in [0.717, 1.165) is 39.0 Å². The topological polar surface area (TPSA) is 64.7 Å². The van der Waals surface area contributed by atoms with E-state index in [0.29, 0.717) is 12.3 Å². The number of rotatable bonds is 5. The third kappa shape index (κ3) is 5.96. The molecule has 6 nitrogen and oxygen atoms in total. The first-order valence-corrected chi connectivity index (χ1v) is 9.50. The minimum atomic E-state index is -0.419. The zero-order valence-electron chi connectivity index (χ0n) is 15.5. The molecule has 2 aliphatic rings. The summed E-state index contributed by atoms with van der Waals surface area (Å²) in [5.41, 5.74) is 0. The SMILES string of the molecule is CC(C)C[C@H](NC(=O)NC1CCCCC1)C(=O)N1CCN(C)CC1. The lowest BCUT2D eigenvalue weighted by Gasteiger charge is -2.35. The molecule has 0 aromatic rings. The van der Waals surface area contributed by atoms with Gasteiger partial charge in [0.2, 0.25) is 5.91 Å². The predicted molar refractivity (Wildman–Crippen MR) is 95.9 cm³/mol. The lowest BCUT2D eigenvalue weighted by Crippen LogP contribution is -2.56. The Bertz CT molecular complexity index is 413. The van der Waals surface area contributed by atoms with Gasteiger partial charge in [0.05, 0.1) is 0 Å². The number of piperazine rings is 1. The van der Waals surface area contributed by atoms with Crippen LogP contribution in [0.2, 0.25) is 0 Å². The first kappa shape index (κ1) is 19.0. The first-order valence-electron chi connectivity index (χ1n) is 9.50. The van der Waals surface area contributed by atoms with Crippen molar-refractivity contribution in [2.24, 2.45) is 5.92 Å². The molecule has 0 spiro atoms. The minimum Gasteiger partial charge on any atom is -0.338 e. The molecule has 1 atom stereocenters. The molecule has 6 heteroatoms. The van der Waals surface area contributed by atoms with Crippen molar-refractivity contribution >= 4 is 11.9 Å². The molecule has 24 heavy (non-hydrogen) atoms. The standard InChI is InChI=1S/C18H34N4O2/c1-14(2)13-16(17(23)22-11-9-21(3)10-12-22)20-18(24)19-15-7-5-4-6-8-15/h14-16H,4-13H2,1-3H3,(H2,19,20,24)/t16-/m0/s1. The maximum absolute atomic E-state index is 12.8. The summed E-state index contributed by atoms with van der Waals surface area (Å²) in [7, 11) is 2.07. The van der Waals surface area contributed by atoms with Crippen molar-refractivity contribution in [1.29, 1.82) is 0 Å². The summed E-state index contributed by atoms with van der Waals surface area (Å²) in [6, 6.07) is -0.343. The Morgan fingerprint density at radius 2 is 1.67 bits per heavy atom. The molecule has 0 aromatic heterocycles. The monoisotopic (exact) mass is 338 g/mol. The van der Waals surface area contributed by atoms with E-state index in [4.69, 9.17) is 0 Å². The maximum Gasteiger partial charge on any atom is 0.315 e. The third-order valence-electron chi connectivity index (χ3n) is 5.07. The van der Waals surface area contributed by atoms with Crippen molar-refractivity contribution in [3.8, 4) is 0 Å². The molecule has 0 aromatic carbocycles. The molecule has 1 aliphatic heterocycles. The van der Waals surface area contributed by atoms with E-state index in [-0.39, 0.29) is 18.0 Å². The highest BCUT2D eigenvalue weighted by Gasteiger charge is 2.29. The molecule has 2 N–H and O–H groups in total. The van der Waals surface area contributed by atoms with Crippen molar-refractivity contribution in [2.75, 3.05) is 33.2 Å². The lowest BCUT2D eigenvalue weighted by molar-refractivity contribution is -0.135. The average molecular weight is 338 g/mol. The van der Waals surface area contributed by atoms with Crippen LogP contribution in [0.4, 0.5) is 4.79 Å². The highest BCUT2D eigenvalue weighted by Crippen LogP contribution is 2.17. The number of urea groups is 1. The van der Waals surface area contributed by atoms with Crippen LogP contribution >= 0.6 is 0 Å². The van der Waals surface area contributed by atoms with Gasteiger partial charge >= 0.3 is 6.03 Å². The summed E-state index contributed by atoms with van der Waals surface area (Å²) in [6.45, 7) is 7.46. The van der Waals surface area contributed by atoms with Gasteiger partial charge in [-0.3, -0.25) is 4.79 Å². The van der Waals surface area contributed by atoms with Gasteiger partial charge in [-0.2, -0.15) is 0 Å². The third-order valence-corrected chi connectivity index (χ3v) is 5.07. The quantitative estimate of drug-likeness (QED) is 0.803. The van der Waals surface area contributed by atoms with Crippen LogP contribution in [-0.2, 0) is 4.79 Å². The summed E-state index contributed by atoms with van der Waals surface area (Å²) in [5.74, 6) is 0.428. The van der Waals surface area contributed by atoms with E-state index in [2.05, 4.69) is 36.4 Å². The Hall–Kier alpha value is -1.30. The normalized spacial score (nSPS) is 21.6. The van der Waals surface area contributed by atoms with E-state index in [1.807, 2.05) is 4.90 Å². The van der Waals surface area contributed by atoms with Crippen LogP contribution in [0, 0.1) is 5.92 Å². The second-order valence-corrected chi connectivity index (χ2v) is 7.76. The Kier molecular flexibility index (Phi) is 7.34. The predicted octanol–water partition coefficient (Wildman–Crippen LogP) is 1.81. The van der Waals surface area contributed by atoms with E-state index < -0.39 is 6.04 Å². The second-order valence-electron chi connectivity index (χ2n) is 7.76. The summed E-state index contributed by atoms with van der Waals surface area (Å²) in [4.78, 5) is 29.3. The number of hydrogen-bond donors (Lipinski definition) is 2. The summed E-state index contributed by atoms with van der Waals surface area (Å²) < 4.78 is 0. The Labute approximate surface area is 146 Å².